The lowest BCUT2D eigenvalue weighted by Crippen LogP contribution is -2.64. The first kappa shape index (κ1) is 42.2. The van der Waals surface area contributed by atoms with Gasteiger partial charge in [-0.3, -0.25) is 0 Å². The van der Waals surface area contributed by atoms with Gasteiger partial charge < -0.3 is 84.6 Å². The van der Waals surface area contributed by atoms with Crippen molar-refractivity contribution in [1.82, 2.24) is 0 Å². The first-order chi connectivity index (χ1) is 25.7. The molecule has 18 nitrogen and oxygen atoms in total. The molecule has 0 amide bonds. The molecule has 3 aliphatic heterocycles. The second-order valence-electron chi connectivity index (χ2n) is 16.1. The van der Waals surface area contributed by atoms with E-state index in [2.05, 4.69) is 0 Å². The Hall–Kier alpha value is -1.43. The van der Waals surface area contributed by atoms with Crippen LogP contribution in [-0.4, -0.2) is 190 Å². The van der Waals surface area contributed by atoms with Crippen LogP contribution < -0.4 is 0 Å². The maximum atomic E-state index is 12.5. The quantitative estimate of drug-likeness (QED) is 0.0572. The van der Waals surface area contributed by atoms with Crippen LogP contribution in [0.1, 0.15) is 64.2 Å². The molecule has 6 fully saturated rings. The van der Waals surface area contributed by atoms with Crippen LogP contribution in [0.2, 0.25) is 0 Å². The van der Waals surface area contributed by atoms with Crippen molar-refractivity contribution >= 4 is 5.97 Å². The van der Waals surface area contributed by atoms with E-state index >= 15 is 0 Å². The minimum absolute atomic E-state index is 0.0788. The average molecular weight is 780 g/mol. The number of esters is 1. The van der Waals surface area contributed by atoms with Crippen LogP contribution in [0.3, 0.4) is 0 Å². The molecule has 0 radical (unpaired) electrons. The smallest absolute Gasteiger partial charge is 0.330 e. The summed E-state index contributed by atoms with van der Waals surface area (Å²) < 4.78 is 34.5. The highest BCUT2D eigenvalue weighted by molar-refractivity contribution is 5.81. The molecule has 0 bridgehead atoms. The number of carbonyl (C=O) groups excluding carboxylic acids is 1. The van der Waals surface area contributed by atoms with Crippen molar-refractivity contribution in [3.63, 3.8) is 0 Å². The van der Waals surface area contributed by atoms with Gasteiger partial charge in [-0.2, -0.15) is 0 Å². The van der Waals surface area contributed by atoms with Crippen molar-refractivity contribution in [3.8, 4) is 0 Å². The number of hydrogen-bond donors (Lipinski definition) is 11. The molecule has 0 aromatic heterocycles. The molecule has 0 aromatic carbocycles. The highest BCUT2D eigenvalue weighted by atomic mass is 16.7. The molecule has 18 heteroatoms. The van der Waals surface area contributed by atoms with Gasteiger partial charge in [0.2, 0.25) is 0 Å². The second-order valence-corrected chi connectivity index (χ2v) is 16.1. The predicted octanol–water partition coefficient (Wildman–Crippen LogP) is -4.02. The molecule has 310 valence electrons. The normalized spacial score (nSPS) is 50.4. The molecule has 54 heavy (non-hydrogen) atoms. The Morgan fingerprint density at radius 1 is 0.648 bits per heavy atom. The van der Waals surface area contributed by atoms with E-state index in [-0.39, 0.29) is 43.6 Å². The zero-order valence-corrected chi connectivity index (χ0v) is 30.1. The number of fused-ring (bicyclic) bond motifs is 1. The number of rotatable bonds is 10. The number of aliphatic hydroxyl groups is 13. The minimum Gasteiger partial charge on any atom is -0.460 e. The van der Waals surface area contributed by atoms with E-state index in [0.29, 0.717) is 25.7 Å². The zero-order valence-electron chi connectivity index (χ0n) is 30.1. The summed E-state index contributed by atoms with van der Waals surface area (Å²) in [6, 6.07) is 0. The highest BCUT2D eigenvalue weighted by Gasteiger charge is 2.56. The molecule has 6 aliphatic rings. The molecular weight excluding hydrogens is 720 g/mol. The van der Waals surface area contributed by atoms with Gasteiger partial charge in [-0.15, -0.1) is 0 Å². The Morgan fingerprint density at radius 2 is 1.28 bits per heavy atom. The lowest BCUT2D eigenvalue weighted by molar-refractivity contribution is -0.367. The lowest BCUT2D eigenvalue weighted by atomic mass is 9.72. The first-order valence-electron chi connectivity index (χ1n) is 19.3. The summed E-state index contributed by atoms with van der Waals surface area (Å²) in [5, 5.41) is 115. The molecular formula is C36H59O18+. The molecule has 3 heterocycles. The number of hydrogen-bond acceptors (Lipinski definition) is 17. The van der Waals surface area contributed by atoms with E-state index in [1.54, 1.807) is 6.08 Å². The molecule has 3 saturated heterocycles. The van der Waals surface area contributed by atoms with Crippen molar-refractivity contribution in [2.45, 2.75) is 174 Å². The van der Waals surface area contributed by atoms with Gasteiger partial charge in [-0.25, -0.2) is 4.79 Å². The van der Waals surface area contributed by atoms with Gasteiger partial charge in [0.1, 0.15) is 61.5 Å². The van der Waals surface area contributed by atoms with Crippen molar-refractivity contribution in [2.24, 2.45) is 17.8 Å². The van der Waals surface area contributed by atoms with Gasteiger partial charge in [-0.05, 0) is 57.3 Å². The summed E-state index contributed by atoms with van der Waals surface area (Å²) in [7, 11) is 0. The molecule has 3 aliphatic carbocycles. The summed E-state index contributed by atoms with van der Waals surface area (Å²) in [5.41, 5.74) is 0. The SMILES string of the molecule is O=C(C=CC1CCC(O)CC1)OCC1OC(OC2CC3C(OC4OC(CO)C(O)C(O)C4O)CC(O)CC3[OH+]C2C2CCC(O)C(O)C2)C(O)C(O)C1O. The summed E-state index contributed by atoms with van der Waals surface area (Å²) in [5.74, 6) is -1.38. The number of allylic oxidation sites excluding steroid dienone is 1. The monoisotopic (exact) mass is 779 g/mol. The van der Waals surface area contributed by atoms with Crippen molar-refractivity contribution in [1.29, 1.82) is 0 Å². The Kier molecular flexibility index (Phi) is 14.4. The van der Waals surface area contributed by atoms with Gasteiger partial charge in [-0.1, -0.05) is 6.08 Å². The van der Waals surface area contributed by atoms with E-state index in [9.17, 15) is 61.0 Å². The summed E-state index contributed by atoms with van der Waals surface area (Å²) >= 11 is 0. The standard InChI is InChI=1S/C36H58O18/c37-13-25-28(43)30(45)32(47)35(53-25)51-23-11-18(39)10-22-19(23)12-24(34(50-22)16-4-7-20(40)21(41)9-16)52-36-33(48)31(46)29(44)26(54-36)14-49-27(42)8-3-15-1-5-17(38)6-2-15/h3,8,15-26,28-41,43-48H,1-2,4-7,9-14H2/p+1. The van der Waals surface area contributed by atoms with E-state index < -0.39 is 129 Å². The summed E-state index contributed by atoms with van der Waals surface area (Å²) in [6.07, 6.45) is -14.4. The molecule has 12 N–H and O–H groups in total. The fourth-order valence-corrected chi connectivity index (χ4v) is 9.05. The Morgan fingerprint density at radius 3 is 1.93 bits per heavy atom. The van der Waals surface area contributed by atoms with Gasteiger partial charge in [0.15, 0.2) is 24.8 Å². The molecule has 0 spiro atoms. The third-order valence-corrected chi connectivity index (χ3v) is 12.3. The summed E-state index contributed by atoms with van der Waals surface area (Å²) in [6.45, 7) is -1.13. The number of carbonyl (C=O) groups is 1. The largest absolute Gasteiger partial charge is 0.460 e. The van der Waals surface area contributed by atoms with Gasteiger partial charge >= 0.3 is 5.97 Å². The fourth-order valence-electron chi connectivity index (χ4n) is 9.05. The minimum atomic E-state index is -1.75. The van der Waals surface area contributed by atoms with Crippen LogP contribution in [0.4, 0.5) is 0 Å². The van der Waals surface area contributed by atoms with Crippen LogP contribution in [0.25, 0.3) is 0 Å². The van der Waals surface area contributed by atoms with Crippen LogP contribution in [0.15, 0.2) is 12.2 Å². The van der Waals surface area contributed by atoms with Crippen LogP contribution in [0.5, 0.6) is 0 Å². The zero-order chi connectivity index (χ0) is 38.8. The van der Waals surface area contributed by atoms with E-state index in [4.69, 9.17) is 28.4 Å². The molecule has 19 atom stereocenters. The van der Waals surface area contributed by atoms with Gasteiger partial charge in [0.05, 0.1) is 43.0 Å². The summed E-state index contributed by atoms with van der Waals surface area (Å²) in [4.78, 5) is 12.5. The van der Waals surface area contributed by atoms with Gasteiger partial charge in [0, 0.05) is 24.8 Å². The van der Waals surface area contributed by atoms with Crippen LogP contribution in [0, 0.1) is 17.8 Å². The molecule has 0 aromatic rings. The topological polar surface area (TPSA) is 299 Å². The molecule has 6 rings (SSSR count). The number of ether oxygens (including phenoxy) is 6. The maximum absolute atomic E-state index is 12.5. The average Bonchev–Trinajstić information content (AvgIpc) is 3.15. The lowest BCUT2D eigenvalue weighted by Gasteiger charge is -2.50. The third-order valence-electron chi connectivity index (χ3n) is 12.3. The van der Waals surface area contributed by atoms with Crippen LogP contribution in [-0.2, 0) is 28.5 Å². The molecule has 19 unspecified atom stereocenters. The third kappa shape index (κ3) is 9.63. The van der Waals surface area contributed by atoms with Crippen molar-refractivity contribution in [2.75, 3.05) is 13.2 Å². The van der Waals surface area contributed by atoms with Crippen molar-refractivity contribution < 1.29 is 89.4 Å². The predicted molar refractivity (Wildman–Crippen MR) is 181 cm³/mol. The highest BCUT2D eigenvalue weighted by Crippen LogP contribution is 2.44. The van der Waals surface area contributed by atoms with E-state index in [1.807, 2.05) is 0 Å². The Labute approximate surface area is 312 Å². The maximum Gasteiger partial charge on any atom is 0.330 e. The fraction of sp³-hybridized carbons (Fsp3) is 0.917. The van der Waals surface area contributed by atoms with Gasteiger partial charge in [0.25, 0.3) is 0 Å². The first-order valence-corrected chi connectivity index (χ1v) is 19.3. The molecule has 3 saturated carbocycles. The Balaban J connectivity index is 1.17. The number of aliphatic hydroxyl groups excluding tert-OH is 11. The van der Waals surface area contributed by atoms with E-state index in [0.717, 1.165) is 12.8 Å². The van der Waals surface area contributed by atoms with E-state index in [1.165, 1.54) is 6.08 Å². The van der Waals surface area contributed by atoms with Crippen molar-refractivity contribution in [3.05, 3.63) is 12.2 Å². The van der Waals surface area contributed by atoms with Crippen LogP contribution >= 0.6 is 0 Å². The second kappa shape index (κ2) is 18.4. The Bertz CT molecular complexity index is 1230.